The van der Waals surface area contributed by atoms with E-state index in [1.165, 1.54) is 18.6 Å². The van der Waals surface area contributed by atoms with E-state index in [9.17, 15) is 9.50 Å². The predicted molar refractivity (Wildman–Crippen MR) is 83.5 cm³/mol. The molecule has 1 aromatic rings. The number of hydrogen-bond acceptors (Lipinski definition) is 3. The van der Waals surface area contributed by atoms with Gasteiger partial charge < -0.3 is 10.8 Å². The van der Waals surface area contributed by atoms with E-state index in [1.807, 2.05) is 12.1 Å². The summed E-state index contributed by atoms with van der Waals surface area (Å²) in [5.41, 5.74) is 7.46. The van der Waals surface area contributed by atoms with E-state index in [1.54, 1.807) is 0 Å². The van der Waals surface area contributed by atoms with Crippen molar-refractivity contribution in [3.8, 4) is 0 Å². The number of halogens is 1. The first kappa shape index (κ1) is 16.4. The first-order chi connectivity index (χ1) is 10.2. The summed E-state index contributed by atoms with van der Waals surface area (Å²) in [6, 6.07) is 7.21. The van der Waals surface area contributed by atoms with Crippen molar-refractivity contribution in [2.45, 2.75) is 57.2 Å². The fourth-order valence-corrected chi connectivity index (χ4v) is 3.42. The normalized spacial score (nSPS) is 23.0. The smallest absolute Gasteiger partial charge is 0.123 e. The van der Waals surface area contributed by atoms with Crippen molar-refractivity contribution in [1.82, 2.24) is 4.90 Å². The lowest BCUT2D eigenvalue weighted by Gasteiger charge is -2.43. The maximum absolute atomic E-state index is 13.2. The molecule has 0 aliphatic carbocycles. The zero-order valence-corrected chi connectivity index (χ0v) is 12.8. The second-order valence-corrected chi connectivity index (χ2v) is 5.97. The number of nitrogens with zero attached hydrogens (tertiary/aromatic N) is 1. The molecule has 0 spiro atoms. The summed E-state index contributed by atoms with van der Waals surface area (Å²) in [7, 11) is 0. The minimum absolute atomic E-state index is 0.0229. The summed E-state index contributed by atoms with van der Waals surface area (Å²) in [6.45, 7) is 3.30. The minimum Gasteiger partial charge on any atom is -0.396 e. The standard InChI is InChI=1S/C17H27FN2O/c1-2-16(19)17(13-6-8-14(18)9-7-13)20-11-4-3-5-15(20)10-12-21/h6-9,15-17,21H,2-5,10-12,19H2,1H3. The monoisotopic (exact) mass is 294 g/mol. The van der Waals surface area contributed by atoms with Gasteiger partial charge in [-0.2, -0.15) is 0 Å². The Morgan fingerprint density at radius 2 is 2.05 bits per heavy atom. The van der Waals surface area contributed by atoms with Crippen LogP contribution in [-0.4, -0.2) is 35.2 Å². The summed E-state index contributed by atoms with van der Waals surface area (Å²) in [5, 5.41) is 9.31. The number of nitrogens with two attached hydrogens (primary N) is 1. The van der Waals surface area contributed by atoms with Gasteiger partial charge in [0.05, 0.1) is 6.04 Å². The number of aliphatic hydroxyl groups excluding tert-OH is 1. The number of hydrogen-bond donors (Lipinski definition) is 2. The molecule has 1 aromatic carbocycles. The highest BCUT2D eigenvalue weighted by atomic mass is 19.1. The first-order valence-electron chi connectivity index (χ1n) is 8.05. The van der Waals surface area contributed by atoms with E-state index in [0.29, 0.717) is 6.04 Å². The topological polar surface area (TPSA) is 49.5 Å². The lowest BCUT2D eigenvalue weighted by atomic mass is 9.90. The van der Waals surface area contributed by atoms with E-state index in [0.717, 1.165) is 37.8 Å². The number of aliphatic hydroxyl groups is 1. The summed E-state index contributed by atoms with van der Waals surface area (Å²) in [4.78, 5) is 2.43. The number of likely N-dealkylation sites (tertiary alicyclic amines) is 1. The zero-order valence-electron chi connectivity index (χ0n) is 12.8. The van der Waals surface area contributed by atoms with Gasteiger partial charge >= 0.3 is 0 Å². The van der Waals surface area contributed by atoms with E-state index in [2.05, 4.69) is 11.8 Å². The minimum atomic E-state index is -0.215. The quantitative estimate of drug-likeness (QED) is 0.848. The van der Waals surface area contributed by atoms with Gasteiger partial charge in [0.1, 0.15) is 5.82 Å². The second kappa shape index (κ2) is 7.87. The van der Waals surface area contributed by atoms with Crippen molar-refractivity contribution in [1.29, 1.82) is 0 Å². The van der Waals surface area contributed by atoms with Crippen molar-refractivity contribution in [3.63, 3.8) is 0 Å². The van der Waals surface area contributed by atoms with Crippen LogP contribution in [0, 0.1) is 5.82 Å². The lowest BCUT2D eigenvalue weighted by molar-refractivity contribution is 0.0619. The van der Waals surface area contributed by atoms with Crippen LogP contribution in [0.3, 0.4) is 0 Å². The Labute approximate surface area is 126 Å². The molecule has 3 unspecified atom stereocenters. The third-order valence-electron chi connectivity index (χ3n) is 4.58. The average molecular weight is 294 g/mol. The van der Waals surface area contributed by atoms with E-state index in [4.69, 9.17) is 5.73 Å². The van der Waals surface area contributed by atoms with E-state index < -0.39 is 0 Å². The van der Waals surface area contributed by atoms with E-state index in [-0.39, 0.29) is 24.5 Å². The second-order valence-electron chi connectivity index (χ2n) is 5.97. The summed E-state index contributed by atoms with van der Waals surface area (Å²) >= 11 is 0. The molecular weight excluding hydrogens is 267 g/mol. The van der Waals surface area contributed by atoms with Crippen LogP contribution in [0.2, 0.25) is 0 Å². The Balaban J connectivity index is 2.27. The molecule has 0 bridgehead atoms. The highest BCUT2D eigenvalue weighted by molar-refractivity contribution is 5.22. The van der Waals surface area contributed by atoms with Crippen molar-refractivity contribution in [2.75, 3.05) is 13.2 Å². The van der Waals surface area contributed by atoms with Crippen LogP contribution in [0.5, 0.6) is 0 Å². The molecule has 0 aromatic heterocycles. The Bertz CT molecular complexity index is 421. The van der Waals surface area contributed by atoms with Gasteiger partial charge in [-0.05, 0) is 49.9 Å². The Morgan fingerprint density at radius 1 is 1.33 bits per heavy atom. The molecule has 21 heavy (non-hydrogen) atoms. The average Bonchev–Trinajstić information content (AvgIpc) is 2.51. The highest BCUT2D eigenvalue weighted by Gasteiger charge is 2.32. The van der Waals surface area contributed by atoms with Crippen LogP contribution in [0.4, 0.5) is 4.39 Å². The molecule has 3 nitrogen and oxygen atoms in total. The molecule has 2 rings (SSSR count). The number of piperidine rings is 1. The fourth-order valence-electron chi connectivity index (χ4n) is 3.42. The molecule has 1 saturated heterocycles. The largest absolute Gasteiger partial charge is 0.396 e. The van der Waals surface area contributed by atoms with Crippen LogP contribution in [0.15, 0.2) is 24.3 Å². The Morgan fingerprint density at radius 3 is 2.67 bits per heavy atom. The molecule has 3 atom stereocenters. The zero-order chi connectivity index (χ0) is 15.2. The van der Waals surface area contributed by atoms with Gasteiger partial charge in [0.2, 0.25) is 0 Å². The van der Waals surface area contributed by atoms with Crippen LogP contribution in [0.25, 0.3) is 0 Å². The highest BCUT2D eigenvalue weighted by Crippen LogP contribution is 2.32. The summed E-state index contributed by atoms with van der Waals surface area (Å²) < 4.78 is 13.2. The van der Waals surface area contributed by atoms with Gasteiger partial charge in [0.15, 0.2) is 0 Å². The van der Waals surface area contributed by atoms with Crippen LogP contribution < -0.4 is 5.73 Å². The van der Waals surface area contributed by atoms with Crippen molar-refractivity contribution in [3.05, 3.63) is 35.6 Å². The maximum atomic E-state index is 13.2. The lowest BCUT2D eigenvalue weighted by Crippen LogP contribution is -2.48. The first-order valence-corrected chi connectivity index (χ1v) is 8.05. The van der Waals surface area contributed by atoms with Crippen LogP contribution >= 0.6 is 0 Å². The number of rotatable bonds is 6. The summed E-state index contributed by atoms with van der Waals surface area (Å²) in [5.74, 6) is -0.215. The molecule has 4 heteroatoms. The van der Waals surface area contributed by atoms with Gasteiger partial charge in [-0.1, -0.05) is 25.5 Å². The molecule has 1 heterocycles. The molecule has 1 aliphatic rings. The predicted octanol–water partition coefficient (Wildman–Crippen LogP) is 2.84. The van der Waals surface area contributed by atoms with Crippen molar-refractivity contribution < 1.29 is 9.50 Å². The van der Waals surface area contributed by atoms with Gasteiger partial charge in [-0.15, -0.1) is 0 Å². The molecule has 0 radical (unpaired) electrons. The molecule has 1 fully saturated rings. The van der Waals surface area contributed by atoms with Crippen LogP contribution in [0.1, 0.15) is 50.6 Å². The van der Waals surface area contributed by atoms with Crippen LogP contribution in [-0.2, 0) is 0 Å². The SMILES string of the molecule is CCC(N)C(c1ccc(F)cc1)N1CCCCC1CCO. The molecule has 1 aliphatic heterocycles. The molecule has 3 N–H and O–H groups in total. The summed E-state index contributed by atoms with van der Waals surface area (Å²) in [6.07, 6.45) is 5.14. The third kappa shape index (κ3) is 4.02. The molecule has 0 amide bonds. The molecular formula is C17H27FN2O. The maximum Gasteiger partial charge on any atom is 0.123 e. The third-order valence-corrected chi connectivity index (χ3v) is 4.58. The van der Waals surface area contributed by atoms with Gasteiger partial charge in [-0.3, -0.25) is 4.90 Å². The van der Waals surface area contributed by atoms with Gasteiger partial charge in [0.25, 0.3) is 0 Å². The molecule has 118 valence electrons. The van der Waals surface area contributed by atoms with Gasteiger partial charge in [0, 0.05) is 18.7 Å². The van der Waals surface area contributed by atoms with E-state index >= 15 is 0 Å². The van der Waals surface area contributed by atoms with Crippen molar-refractivity contribution >= 4 is 0 Å². The van der Waals surface area contributed by atoms with Crippen molar-refractivity contribution in [2.24, 2.45) is 5.73 Å². The Hall–Kier alpha value is -0.970. The Kier molecular flexibility index (Phi) is 6.15. The number of benzene rings is 1. The fraction of sp³-hybridized carbons (Fsp3) is 0.647. The molecule has 0 saturated carbocycles. The van der Waals surface area contributed by atoms with Gasteiger partial charge in [-0.25, -0.2) is 4.39 Å².